The molecule has 0 fully saturated rings. The molecule has 3 rings (SSSR count). The van der Waals surface area contributed by atoms with E-state index in [0.29, 0.717) is 0 Å². The first kappa shape index (κ1) is 15.6. The third-order valence-corrected chi connectivity index (χ3v) is 4.76. The summed E-state index contributed by atoms with van der Waals surface area (Å²) in [6.07, 6.45) is 0. The molecule has 1 aromatic carbocycles. The first-order valence-electron chi connectivity index (χ1n) is 6.03. The SMILES string of the molecule is Br.CN1Cc2sc(Cl)cc2C(c2ccc(O)c(O)c2)C1. The van der Waals surface area contributed by atoms with Crippen LogP contribution in [0.1, 0.15) is 21.9 Å². The number of phenolic OH excluding ortho intramolecular Hbond substituents is 2. The second-order valence-electron chi connectivity index (χ2n) is 4.93. The molecular weight excluding hydrogens is 362 g/mol. The predicted octanol–water partition coefficient (Wildman–Crippen LogP) is 3.97. The number of benzene rings is 1. The Bertz CT molecular complexity index is 632. The molecule has 1 unspecified atom stereocenters. The van der Waals surface area contributed by atoms with Gasteiger partial charge < -0.3 is 15.1 Å². The molecule has 1 atom stereocenters. The fourth-order valence-corrected chi connectivity index (χ4v) is 4.01. The zero-order valence-corrected chi connectivity index (χ0v) is 14.1. The second kappa shape index (κ2) is 5.93. The summed E-state index contributed by atoms with van der Waals surface area (Å²) in [5.74, 6) is 0.0223. The minimum Gasteiger partial charge on any atom is -0.504 e. The number of nitrogens with zero attached hydrogens (tertiary/aromatic N) is 1. The highest BCUT2D eigenvalue weighted by atomic mass is 79.9. The van der Waals surface area contributed by atoms with Gasteiger partial charge >= 0.3 is 0 Å². The normalized spacial score (nSPS) is 18.4. The van der Waals surface area contributed by atoms with E-state index in [-0.39, 0.29) is 34.4 Å². The van der Waals surface area contributed by atoms with Crippen LogP contribution in [0.3, 0.4) is 0 Å². The molecule has 2 heterocycles. The topological polar surface area (TPSA) is 43.7 Å². The molecule has 0 saturated carbocycles. The van der Waals surface area contributed by atoms with Gasteiger partial charge in [-0.3, -0.25) is 0 Å². The van der Waals surface area contributed by atoms with Gasteiger partial charge in [0.1, 0.15) is 0 Å². The molecule has 3 nitrogen and oxygen atoms in total. The van der Waals surface area contributed by atoms with E-state index < -0.39 is 0 Å². The van der Waals surface area contributed by atoms with E-state index in [4.69, 9.17) is 11.6 Å². The zero-order valence-electron chi connectivity index (χ0n) is 10.8. The van der Waals surface area contributed by atoms with E-state index in [9.17, 15) is 10.2 Å². The monoisotopic (exact) mass is 375 g/mol. The number of phenols is 2. The molecule has 0 spiro atoms. The summed E-state index contributed by atoms with van der Waals surface area (Å²) in [5, 5.41) is 19.1. The summed E-state index contributed by atoms with van der Waals surface area (Å²) in [4.78, 5) is 3.51. The lowest BCUT2D eigenvalue weighted by atomic mass is 9.88. The van der Waals surface area contributed by atoms with Crippen LogP contribution in [-0.2, 0) is 6.54 Å². The minimum absolute atomic E-state index is 0. The van der Waals surface area contributed by atoms with Gasteiger partial charge in [-0.2, -0.15) is 0 Å². The van der Waals surface area contributed by atoms with Crippen LogP contribution in [0.4, 0.5) is 0 Å². The van der Waals surface area contributed by atoms with E-state index in [1.54, 1.807) is 17.4 Å². The molecular formula is C14H15BrClNO2S. The zero-order chi connectivity index (χ0) is 13.6. The molecule has 0 radical (unpaired) electrons. The lowest BCUT2D eigenvalue weighted by Crippen LogP contribution is -2.29. The summed E-state index contributed by atoms with van der Waals surface area (Å²) in [6.45, 7) is 1.79. The molecule has 2 aromatic rings. The molecule has 6 heteroatoms. The Labute approximate surface area is 137 Å². The Morgan fingerprint density at radius 3 is 2.70 bits per heavy atom. The van der Waals surface area contributed by atoms with Crippen molar-refractivity contribution in [1.29, 1.82) is 0 Å². The smallest absolute Gasteiger partial charge is 0.157 e. The van der Waals surface area contributed by atoms with Gasteiger partial charge in [0, 0.05) is 23.9 Å². The van der Waals surface area contributed by atoms with Crippen LogP contribution in [0.5, 0.6) is 11.5 Å². The summed E-state index contributed by atoms with van der Waals surface area (Å²) in [6, 6.07) is 7.04. The van der Waals surface area contributed by atoms with Crippen molar-refractivity contribution in [2.24, 2.45) is 0 Å². The van der Waals surface area contributed by atoms with Crippen LogP contribution in [0.2, 0.25) is 4.34 Å². The van der Waals surface area contributed by atoms with Crippen LogP contribution >= 0.6 is 39.9 Å². The molecule has 1 aromatic heterocycles. The molecule has 0 amide bonds. The number of hydrogen-bond acceptors (Lipinski definition) is 4. The van der Waals surface area contributed by atoms with E-state index in [2.05, 4.69) is 11.9 Å². The highest BCUT2D eigenvalue weighted by Gasteiger charge is 2.27. The Balaban J connectivity index is 0.00000147. The van der Waals surface area contributed by atoms with E-state index >= 15 is 0 Å². The molecule has 0 aliphatic carbocycles. The van der Waals surface area contributed by atoms with Crippen molar-refractivity contribution >= 4 is 39.9 Å². The van der Waals surface area contributed by atoms with Gasteiger partial charge in [-0.15, -0.1) is 28.3 Å². The molecule has 2 N–H and O–H groups in total. The fraction of sp³-hybridized carbons (Fsp3) is 0.286. The van der Waals surface area contributed by atoms with Crippen molar-refractivity contribution in [3.8, 4) is 11.5 Å². The lowest BCUT2D eigenvalue weighted by Gasteiger charge is -2.30. The number of thiophene rings is 1. The number of hydrogen-bond donors (Lipinski definition) is 2. The molecule has 0 saturated heterocycles. The number of fused-ring (bicyclic) bond motifs is 1. The number of rotatable bonds is 1. The average Bonchev–Trinajstić information content (AvgIpc) is 2.72. The lowest BCUT2D eigenvalue weighted by molar-refractivity contribution is 0.299. The average molecular weight is 377 g/mol. The molecule has 108 valence electrons. The molecule has 0 bridgehead atoms. The molecule has 1 aliphatic rings. The third kappa shape index (κ3) is 2.81. The third-order valence-electron chi connectivity index (χ3n) is 3.50. The predicted molar refractivity (Wildman–Crippen MR) is 87.6 cm³/mol. The highest BCUT2D eigenvalue weighted by Crippen LogP contribution is 2.41. The fourth-order valence-electron chi connectivity index (χ4n) is 2.59. The Hall–Kier alpha value is -0.750. The van der Waals surface area contributed by atoms with Crippen molar-refractivity contribution in [2.75, 3.05) is 13.6 Å². The number of likely N-dealkylation sites (N-methyl/N-ethyl adjacent to an activating group) is 1. The van der Waals surface area contributed by atoms with Gasteiger partial charge in [-0.1, -0.05) is 17.7 Å². The first-order chi connectivity index (χ1) is 9.04. The summed E-state index contributed by atoms with van der Waals surface area (Å²) in [7, 11) is 2.07. The quantitative estimate of drug-likeness (QED) is 0.740. The maximum absolute atomic E-state index is 9.66. The van der Waals surface area contributed by atoms with Crippen molar-refractivity contribution in [1.82, 2.24) is 4.90 Å². The maximum Gasteiger partial charge on any atom is 0.157 e. The maximum atomic E-state index is 9.66. The van der Waals surface area contributed by atoms with Crippen molar-refractivity contribution in [2.45, 2.75) is 12.5 Å². The van der Waals surface area contributed by atoms with Crippen LogP contribution < -0.4 is 0 Å². The summed E-state index contributed by atoms with van der Waals surface area (Å²) < 4.78 is 0.799. The largest absolute Gasteiger partial charge is 0.504 e. The number of aromatic hydroxyl groups is 2. The molecule has 20 heavy (non-hydrogen) atoms. The van der Waals surface area contributed by atoms with Crippen LogP contribution in [0, 0.1) is 0 Å². The van der Waals surface area contributed by atoms with Gasteiger partial charge in [-0.05, 0) is 36.4 Å². The highest BCUT2D eigenvalue weighted by molar-refractivity contribution is 8.93. The van der Waals surface area contributed by atoms with Gasteiger partial charge in [0.15, 0.2) is 11.5 Å². The van der Waals surface area contributed by atoms with Crippen LogP contribution in [0.25, 0.3) is 0 Å². The van der Waals surface area contributed by atoms with Crippen LogP contribution in [-0.4, -0.2) is 28.7 Å². The first-order valence-corrected chi connectivity index (χ1v) is 7.22. The van der Waals surface area contributed by atoms with Crippen molar-refractivity contribution < 1.29 is 10.2 Å². The summed E-state index contributed by atoms with van der Waals surface area (Å²) in [5.41, 5.74) is 2.23. The van der Waals surface area contributed by atoms with Gasteiger partial charge in [0.25, 0.3) is 0 Å². The second-order valence-corrected chi connectivity index (χ2v) is 6.69. The van der Waals surface area contributed by atoms with Crippen molar-refractivity contribution in [3.05, 3.63) is 44.6 Å². The standard InChI is InChI=1S/C14H14ClNO2S.BrH/c1-16-6-10(8-2-3-11(17)12(18)4-8)9-5-14(15)19-13(9)7-16;/h2-5,10,17-18H,6-7H2,1H3;1H. The molecule has 1 aliphatic heterocycles. The summed E-state index contributed by atoms with van der Waals surface area (Å²) >= 11 is 7.73. The Kier molecular flexibility index (Phi) is 4.64. The van der Waals surface area contributed by atoms with Crippen molar-refractivity contribution in [3.63, 3.8) is 0 Å². The van der Waals surface area contributed by atoms with E-state index in [1.165, 1.54) is 16.5 Å². The Morgan fingerprint density at radius 2 is 2.00 bits per heavy atom. The van der Waals surface area contributed by atoms with Crippen LogP contribution in [0.15, 0.2) is 24.3 Å². The van der Waals surface area contributed by atoms with E-state index in [1.807, 2.05) is 12.1 Å². The number of halogens is 2. The minimum atomic E-state index is -0.0866. The van der Waals surface area contributed by atoms with Gasteiger partial charge in [0.2, 0.25) is 0 Å². The Morgan fingerprint density at radius 1 is 1.25 bits per heavy atom. The van der Waals surface area contributed by atoms with Gasteiger partial charge in [-0.25, -0.2) is 0 Å². The van der Waals surface area contributed by atoms with Gasteiger partial charge in [0.05, 0.1) is 4.34 Å². The van der Waals surface area contributed by atoms with E-state index in [0.717, 1.165) is 23.0 Å².